The van der Waals surface area contributed by atoms with Gasteiger partial charge in [0.1, 0.15) is 23.9 Å². The predicted molar refractivity (Wildman–Crippen MR) is 183 cm³/mol. The van der Waals surface area contributed by atoms with Crippen molar-refractivity contribution in [2.24, 2.45) is 5.73 Å². The van der Waals surface area contributed by atoms with Crippen molar-refractivity contribution in [1.82, 2.24) is 10.3 Å². The molecule has 0 radical (unpaired) electrons. The molecule has 1 heterocycles. The monoisotopic (exact) mass is 630 g/mol. The third-order valence-corrected chi connectivity index (χ3v) is 7.42. The van der Waals surface area contributed by atoms with Crippen LogP contribution < -0.4 is 30.6 Å². The van der Waals surface area contributed by atoms with E-state index in [1.54, 1.807) is 48.7 Å². The van der Waals surface area contributed by atoms with E-state index in [4.69, 9.17) is 19.9 Å². The second kappa shape index (κ2) is 16.1. The Labute approximate surface area is 274 Å². The van der Waals surface area contributed by atoms with Crippen LogP contribution in [0.4, 0.5) is 5.69 Å². The van der Waals surface area contributed by atoms with Crippen LogP contribution in [0.2, 0.25) is 0 Å². The summed E-state index contributed by atoms with van der Waals surface area (Å²) in [5.41, 5.74) is 11.6. The van der Waals surface area contributed by atoms with E-state index in [0.29, 0.717) is 60.2 Å². The minimum Gasteiger partial charge on any atom is -0.495 e. The maximum absolute atomic E-state index is 13.2. The Morgan fingerprint density at radius 2 is 1.62 bits per heavy atom. The molecule has 5 aromatic rings. The molecule has 9 nitrogen and oxygen atoms in total. The number of ether oxygens (including phenoxy) is 3. The summed E-state index contributed by atoms with van der Waals surface area (Å²) in [6.07, 6.45) is 2.45. The van der Waals surface area contributed by atoms with Crippen LogP contribution in [0.15, 0.2) is 109 Å². The number of aryl methyl sites for hydroxylation is 1. The quantitative estimate of drug-likeness (QED) is 0.119. The van der Waals surface area contributed by atoms with E-state index >= 15 is 0 Å². The number of nitrogens with one attached hydrogen (secondary N) is 2. The van der Waals surface area contributed by atoms with Gasteiger partial charge in [-0.3, -0.25) is 14.6 Å². The average Bonchev–Trinajstić information content (AvgIpc) is 3.11. The Morgan fingerprint density at radius 1 is 0.809 bits per heavy atom. The highest BCUT2D eigenvalue weighted by molar-refractivity contribution is 6.07. The number of nitrogens with zero attached hydrogens (tertiary/aromatic N) is 1. The van der Waals surface area contributed by atoms with Crippen LogP contribution in [0.25, 0.3) is 11.3 Å². The van der Waals surface area contributed by atoms with Crippen molar-refractivity contribution in [3.8, 4) is 28.5 Å². The molecule has 0 saturated heterocycles. The van der Waals surface area contributed by atoms with Gasteiger partial charge in [0, 0.05) is 29.4 Å². The Kier molecular flexibility index (Phi) is 11.2. The summed E-state index contributed by atoms with van der Waals surface area (Å²) in [5.74, 6) is 0.853. The summed E-state index contributed by atoms with van der Waals surface area (Å²) < 4.78 is 17.5. The molecular weight excluding hydrogens is 592 g/mol. The van der Waals surface area contributed by atoms with Gasteiger partial charge in [0.2, 0.25) is 0 Å². The first-order valence-electron chi connectivity index (χ1n) is 15.4. The van der Waals surface area contributed by atoms with Crippen LogP contribution in [0, 0.1) is 6.92 Å². The second-order valence-electron chi connectivity index (χ2n) is 10.9. The molecule has 0 fully saturated rings. The molecule has 4 aromatic carbocycles. The molecule has 9 heteroatoms. The predicted octanol–water partition coefficient (Wildman–Crippen LogP) is 6.55. The Hall–Kier alpha value is -5.67. The van der Waals surface area contributed by atoms with E-state index in [2.05, 4.69) is 15.6 Å². The lowest BCUT2D eigenvalue weighted by Gasteiger charge is -2.15. The van der Waals surface area contributed by atoms with Crippen LogP contribution in [0.3, 0.4) is 0 Å². The zero-order valence-corrected chi connectivity index (χ0v) is 26.5. The maximum atomic E-state index is 13.2. The van der Waals surface area contributed by atoms with E-state index < -0.39 is 0 Å². The Bertz CT molecular complexity index is 1810. The van der Waals surface area contributed by atoms with Gasteiger partial charge >= 0.3 is 0 Å². The number of hydrogen-bond donors (Lipinski definition) is 3. The number of benzene rings is 4. The fourth-order valence-corrected chi connectivity index (χ4v) is 4.86. The lowest BCUT2D eigenvalue weighted by Crippen LogP contribution is -2.23. The van der Waals surface area contributed by atoms with Crippen LogP contribution in [-0.2, 0) is 13.2 Å². The molecule has 0 spiro atoms. The highest BCUT2D eigenvalue weighted by Gasteiger charge is 2.17. The summed E-state index contributed by atoms with van der Waals surface area (Å²) in [6.45, 7) is 3.53. The normalized spacial score (nSPS) is 10.6. The van der Waals surface area contributed by atoms with E-state index in [0.717, 1.165) is 27.9 Å². The SMILES string of the molecule is COc1cc(C(=O)NCc2ccc(C)cc2OCc2ccc(-c3ccccn3)cc2)ccc1NC(=O)c1ccccc1OCCCN. The zero-order chi connectivity index (χ0) is 33.0. The number of hydrogen-bond acceptors (Lipinski definition) is 7. The highest BCUT2D eigenvalue weighted by atomic mass is 16.5. The van der Waals surface area contributed by atoms with Crippen molar-refractivity contribution in [3.05, 3.63) is 137 Å². The molecule has 0 aliphatic carbocycles. The highest BCUT2D eigenvalue weighted by Crippen LogP contribution is 2.28. The maximum Gasteiger partial charge on any atom is 0.259 e. The second-order valence-corrected chi connectivity index (χ2v) is 10.9. The van der Waals surface area contributed by atoms with Gasteiger partial charge in [-0.2, -0.15) is 0 Å². The molecule has 2 amide bonds. The number of nitrogens with two attached hydrogens (primary N) is 1. The van der Waals surface area contributed by atoms with Crippen LogP contribution in [-0.4, -0.2) is 37.1 Å². The number of anilines is 1. The van der Waals surface area contributed by atoms with Gasteiger partial charge in [0.05, 0.1) is 30.7 Å². The Balaban J connectivity index is 1.21. The topological polar surface area (TPSA) is 125 Å². The fraction of sp³-hybridized carbons (Fsp3) is 0.184. The Morgan fingerprint density at radius 3 is 2.38 bits per heavy atom. The molecule has 240 valence electrons. The van der Waals surface area contributed by atoms with Crippen molar-refractivity contribution in [2.75, 3.05) is 25.6 Å². The molecule has 1 aromatic heterocycles. The van der Waals surface area contributed by atoms with Gasteiger partial charge in [-0.25, -0.2) is 0 Å². The third kappa shape index (κ3) is 8.74. The van der Waals surface area contributed by atoms with Gasteiger partial charge in [0.15, 0.2) is 0 Å². The van der Waals surface area contributed by atoms with Crippen molar-refractivity contribution in [3.63, 3.8) is 0 Å². The van der Waals surface area contributed by atoms with Gasteiger partial charge in [-0.15, -0.1) is 0 Å². The molecule has 0 unspecified atom stereocenters. The molecule has 0 saturated carbocycles. The number of pyridine rings is 1. The standard InChI is InChI=1S/C38H38N4O5/c1-26-11-14-30(35(22-26)47-25-27-12-15-28(16-13-27)32-9-5-6-20-40-32)24-41-37(43)29-17-18-33(36(23-29)45-2)42-38(44)31-8-3-4-10-34(31)46-21-7-19-39/h3-6,8-18,20,22-23H,7,19,21,24-25,39H2,1-2H3,(H,41,43)(H,42,44). The number of amides is 2. The van der Waals surface area contributed by atoms with Gasteiger partial charge < -0.3 is 30.6 Å². The minimum atomic E-state index is -0.361. The summed E-state index contributed by atoms with van der Waals surface area (Å²) in [5, 5.41) is 5.84. The van der Waals surface area contributed by atoms with Crippen molar-refractivity contribution >= 4 is 17.5 Å². The first-order chi connectivity index (χ1) is 22.9. The number of para-hydroxylation sites is 1. The molecule has 5 rings (SSSR count). The molecule has 0 atom stereocenters. The smallest absolute Gasteiger partial charge is 0.259 e. The molecule has 0 aliphatic heterocycles. The van der Waals surface area contributed by atoms with Crippen molar-refractivity contribution in [2.45, 2.75) is 26.5 Å². The first kappa shape index (κ1) is 32.7. The molecular formula is C38H38N4O5. The van der Waals surface area contributed by atoms with Crippen LogP contribution in [0.5, 0.6) is 17.2 Å². The zero-order valence-electron chi connectivity index (χ0n) is 26.5. The number of carbonyl (C=O) groups excluding carboxylic acids is 2. The van der Waals surface area contributed by atoms with Gasteiger partial charge in [-0.05, 0) is 79.5 Å². The summed E-state index contributed by atoms with van der Waals surface area (Å²) in [4.78, 5) is 30.7. The number of aromatic nitrogens is 1. The van der Waals surface area contributed by atoms with Crippen molar-refractivity contribution < 1.29 is 23.8 Å². The molecule has 4 N–H and O–H groups in total. The van der Waals surface area contributed by atoms with Gasteiger partial charge in [0.25, 0.3) is 11.8 Å². The minimum absolute atomic E-state index is 0.259. The van der Waals surface area contributed by atoms with E-state index in [-0.39, 0.29) is 18.4 Å². The summed E-state index contributed by atoms with van der Waals surface area (Å²) >= 11 is 0. The number of carbonyl (C=O) groups is 2. The fourth-order valence-electron chi connectivity index (χ4n) is 4.86. The van der Waals surface area contributed by atoms with E-state index in [9.17, 15) is 9.59 Å². The van der Waals surface area contributed by atoms with E-state index in [1.165, 1.54) is 7.11 Å². The molecule has 0 aliphatic rings. The molecule has 0 bridgehead atoms. The first-order valence-corrected chi connectivity index (χ1v) is 15.4. The largest absolute Gasteiger partial charge is 0.495 e. The summed E-state index contributed by atoms with van der Waals surface area (Å²) in [6, 6.07) is 31.7. The summed E-state index contributed by atoms with van der Waals surface area (Å²) in [7, 11) is 1.48. The van der Waals surface area contributed by atoms with Crippen molar-refractivity contribution in [1.29, 1.82) is 0 Å². The third-order valence-electron chi connectivity index (χ3n) is 7.42. The lowest BCUT2D eigenvalue weighted by atomic mass is 10.1. The van der Waals surface area contributed by atoms with Crippen LogP contribution >= 0.6 is 0 Å². The van der Waals surface area contributed by atoms with E-state index in [1.807, 2.05) is 67.6 Å². The molecule has 47 heavy (non-hydrogen) atoms. The van der Waals surface area contributed by atoms with Crippen LogP contribution in [0.1, 0.15) is 43.8 Å². The number of methoxy groups -OCH3 is 1. The number of rotatable bonds is 14. The lowest BCUT2D eigenvalue weighted by molar-refractivity contribution is 0.0949. The average molecular weight is 631 g/mol. The van der Waals surface area contributed by atoms with Gasteiger partial charge in [-0.1, -0.05) is 54.6 Å².